The highest BCUT2D eigenvalue weighted by molar-refractivity contribution is 6.82. The third kappa shape index (κ3) is 4.24. The van der Waals surface area contributed by atoms with Gasteiger partial charge < -0.3 is 19.0 Å². The van der Waals surface area contributed by atoms with Gasteiger partial charge in [0.25, 0.3) is 0 Å². The third-order valence-electron chi connectivity index (χ3n) is 6.10. The zero-order valence-electron chi connectivity index (χ0n) is 17.8. The monoisotopic (exact) mass is 367 g/mol. The van der Waals surface area contributed by atoms with E-state index in [4.69, 9.17) is 4.65 Å². The molecule has 1 heterocycles. The van der Waals surface area contributed by atoms with Gasteiger partial charge in [-0.25, -0.2) is 0 Å². The predicted molar refractivity (Wildman–Crippen MR) is 110 cm³/mol. The molecule has 25 heavy (non-hydrogen) atoms. The quantitative estimate of drug-likeness (QED) is 0.688. The molecule has 0 bridgehead atoms. The molecule has 0 fully saturated rings. The molecule has 0 spiro atoms. The van der Waals surface area contributed by atoms with E-state index in [1.165, 1.54) is 0 Å². The molecule has 0 unspecified atom stereocenters. The number of aliphatic hydroxyl groups is 1. The van der Waals surface area contributed by atoms with Crippen LogP contribution in [0.5, 0.6) is 0 Å². The van der Waals surface area contributed by atoms with Crippen LogP contribution < -0.4 is 5.46 Å². The lowest BCUT2D eigenvalue weighted by molar-refractivity contribution is -0.0982. The molecule has 0 aliphatic heterocycles. The molecule has 0 aliphatic rings. The van der Waals surface area contributed by atoms with Crippen LogP contribution in [0.25, 0.3) is 0 Å². The minimum atomic E-state index is -1.82. The van der Waals surface area contributed by atoms with Gasteiger partial charge in [0, 0.05) is 0 Å². The molecule has 4 nitrogen and oxygen atoms in total. The molecule has 0 atom stereocenters. The largest absolute Gasteiger partial charge is 0.493 e. The van der Waals surface area contributed by atoms with Crippen molar-refractivity contribution in [1.29, 1.82) is 0 Å². The van der Waals surface area contributed by atoms with Crippen molar-refractivity contribution in [2.24, 2.45) is 0 Å². The molecule has 1 aromatic heterocycles. The second kappa shape index (κ2) is 7.59. The van der Waals surface area contributed by atoms with Crippen molar-refractivity contribution in [3.8, 4) is 0 Å². The van der Waals surface area contributed by atoms with E-state index in [1.807, 2.05) is 6.07 Å². The Bertz CT molecular complexity index is 539. The van der Waals surface area contributed by atoms with Gasteiger partial charge in [-0.3, -0.25) is 0 Å². The van der Waals surface area contributed by atoms with E-state index < -0.39 is 26.6 Å². The van der Waals surface area contributed by atoms with Gasteiger partial charge in [0.2, 0.25) is 0 Å². The first-order valence-corrected chi connectivity index (χ1v) is 11.6. The second-order valence-corrected chi connectivity index (χ2v) is 15.0. The van der Waals surface area contributed by atoms with Crippen LogP contribution in [0.2, 0.25) is 16.6 Å². The van der Waals surface area contributed by atoms with Crippen molar-refractivity contribution in [2.75, 3.05) is 0 Å². The van der Waals surface area contributed by atoms with Crippen LogP contribution in [-0.2, 0) is 4.65 Å². The molecule has 144 valence electrons. The second-order valence-electron chi connectivity index (χ2n) is 9.24. The van der Waals surface area contributed by atoms with Crippen molar-refractivity contribution in [3.63, 3.8) is 0 Å². The SMILES string of the molecule is CC(C)[Si](C(C)C)(C(C)C)n1ccc(B(O)OC(C)(C)C(C)(C)O)c1. The van der Waals surface area contributed by atoms with Gasteiger partial charge >= 0.3 is 7.12 Å². The number of nitrogens with zero attached hydrogens (tertiary/aromatic N) is 1. The first kappa shape index (κ1) is 22.5. The van der Waals surface area contributed by atoms with Crippen molar-refractivity contribution in [1.82, 2.24) is 4.23 Å². The van der Waals surface area contributed by atoms with E-state index in [0.717, 1.165) is 5.46 Å². The van der Waals surface area contributed by atoms with Crippen LogP contribution in [0, 0.1) is 0 Å². The Morgan fingerprint density at radius 3 is 1.80 bits per heavy atom. The fourth-order valence-electron chi connectivity index (χ4n) is 4.19. The Morgan fingerprint density at radius 1 is 1.00 bits per heavy atom. The molecule has 0 aromatic carbocycles. The van der Waals surface area contributed by atoms with Crippen LogP contribution in [0.1, 0.15) is 69.2 Å². The Balaban J connectivity index is 3.20. The molecule has 2 N–H and O–H groups in total. The van der Waals surface area contributed by atoms with Gasteiger partial charge in [-0.05, 0) is 68.2 Å². The fraction of sp³-hybridized carbons (Fsp3) is 0.789. The van der Waals surface area contributed by atoms with Crippen LogP contribution in [0.15, 0.2) is 18.5 Å². The highest BCUT2D eigenvalue weighted by Gasteiger charge is 2.46. The summed E-state index contributed by atoms with van der Waals surface area (Å²) in [6, 6.07) is 1.94. The first-order valence-electron chi connectivity index (χ1n) is 9.44. The summed E-state index contributed by atoms with van der Waals surface area (Å²) in [6.45, 7) is 20.9. The smallest absolute Gasteiger partial charge is 0.423 e. The molecule has 1 rings (SSSR count). The Labute approximate surface area is 155 Å². The Kier molecular flexibility index (Phi) is 6.82. The zero-order chi connectivity index (χ0) is 19.8. The fourth-order valence-corrected chi connectivity index (χ4v) is 10.7. The maximum Gasteiger partial charge on any atom is 0.493 e. The van der Waals surface area contributed by atoms with Gasteiger partial charge in [-0.2, -0.15) is 0 Å². The van der Waals surface area contributed by atoms with Gasteiger partial charge in [-0.15, -0.1) is 0 Å². The average Bonchev–Trinajstić information content (AvgIpc) is 2.85. The highest BCUT2D eigenvalue weighted by Crippen LogP contribution is 2.42. The number of aromatic nitrogens is 1. The van der Waals surface area contributed by atoms with E-state index in [9.17, 15) is 10.1 Å². The summed E-state index contributed by atoms with van der Waals surface area (Å²) in [4.78, 5) is 0. The minimum Gasteiger partial charge on any atom is -0.423 e. The molecule has 1 aromatic rings. The van der Waals surface area contributed by atoms with Crippen molar-refractivity contribution in [2.45, 2.75) is 97.1 Å². The number of hydrogen-bond acceptors (Lipinski definition) is 3. The minimum absolute atomic E-state index is 0.582. The van der Waals surface area contributed by atoms with Crippen LogP contribution >= 0.6 is 0 Å². The summed E-state index contributed by atoms with van der Waals surface area (Å²) >= 11 is 0. The first-order chi connectivity index (χ1) is 11.2. The lowest BCUT2D eigenvalue weighted by Gasteiger charge is -2.44. The zero-order valence-corrected chi connectivity index (χ0v) is 18.8. The van der Waals surface area contributed by atoms with E-state index in [1.54, 1.807) is 27.7 Å². The van der Waals surface area contributed by atoms with Crippen molar-refractivity contribution >= 4 is 20.8 Å². The maximum atomic E-state index is 10.6. The van der Waals surface area contributed by atoms with Crippen molar-refractivity contribution in [3.05, 3.63) is 18.5 Å². The van der Waals surface area contributed by atoms with E-state index >= 15 is 0 Å². The standard InChI is InChI=1S/C19H38BNO3Si/c1-14(2)25(15(3)4,16(5)6)21-12-11-17(13-21)20(23)24-19(9,10)18(7,8)22/h11-16,22-23H,1-10H3. The molecule has 0 aliphatic carbocycles. The average molecular weight is 367 g/mol. The molecular formula is C19H38BNO3Si. The summed E-state index contributed by atoms with van der Waals surface area (Å²) < 4.78 is 8.18. The molecular weight excluding hydrogens is 329 g/mol. The van der Waals surface area contributed by atoms with Crippen LogP contribution in [-0.4, -0.2) is 40.9 Å². The lowest BCUT2D eigenvalue weighted by atomic mass is 9.78. The van der Waals surface area contributed by atoms with Crippen LogP contribution in [0.4, 0.5) is 0 Å². The molecule has 0 radical (unpaired) electrons. The van der Waals surface area contributed by atoms with E-state index in [0.29, 0.717) is 16.6 Å². The normalized spacial score (nSPS) is 14.0. The summed E-state index contributed by atoms with van der Waals surface area (Å²) in [5.74, 6) is 0. The Hall–Kier alpha value is -0.558. The topological polar surface area (TPSA) is 54.6 Å². The third-order valence-corrected chi connectivity index (χ3v) is 12.8. The summed E-state index contributed by atoms with van der Waals surface area (Å²) in [5.41, 5.74) is 0.576. The molecule has 0 saturated carbocycles. The summed E-state index contributed by atoms with van der Waals surface area (Å²) in [6.07, 6.45) is 4.16. The lowest BCUT2D eigenvalue weighted by Crippen LogP contribution is -2.53. The predicted octanol–water partition coefficient (Wildman–Crippen LogP) is 3.77. The van der Waals surface area contributed by atoms with Gasteiger partial charge in [-0.1, -0.05) is 41.5 Å². The maximum absolute atomic E-state index is 10.6. The molecule has 6 heteroatoms. The van der Waals surface area contributed by atoms with Gasteiger partial charge in [0.1, 0.15) is 0 Å². The molecule has 0 amide bonds. The van der Waals surface area contributed by atoms with Crippen molar-refractivity contribution < 1.29 is 14.8 Å². The molecule has 0 saturated heterocycles. The highest BCUT2D eigenvalue weighted by atomic mass is 28.3. The van der Waals surface area contributed by atoms with Gasteiger partial charge in [0.15, 0.2) is 8.24 Å². The number of hydrogen-bond donors (Lipinski definition) is 2. The van der Waals surface area contributed by atoms with Gasteiger partial charge in [0.05, 0.1) is 11.2 Å². The van der Waals surface area contributed by atoms with E-state index in [-0.39, 0.29) is 0 Å². The van der Waals surface area contributed by atoms with Crippen LogP contribution in [0.3, 0.4) is 0 Å². The Morgan fingerprint density at radius 2 is 1.44 bits per heavy atom. The number of rotatable bonds is 8. The summed E-state index contributed by atoms with van der Waals surface area (Å²) in [7, 11) is -2.88. The van der Waals surface area contributed by atoms with E-state index in [2.05, 4.69) is 58.2 Å². The summed E-state index contributed by atoms with van der Waals surface area (Å²) in [5, 5.41) is 20.8.